The van der Waals surface area contributed by atoms with E-state index in [2.05, 4.69) is 36.3 Å². The van der Waals surface area contributed by atoms with Crippen LogP contribution < -0.4 is 5.32 Å². The molecule has 7 heteroatoms. The van der Waals surface area contributed by atoms with Crippen LogP contribution in [0.5, 0.6) is 0 Å². The summed E-state index contributed by atoms with van der Waals surface area (Å²) in [6, 6.07) is 6.74. The van der Waals surface area contributed by atoms with Crippen LogP contribution in [-0.4, -0.2) is 19.7 Å². The van der Waals surface area contributed by atoms with Gasteiger partial charge in [0, 0.05) is 16.7 Å². The zero-order valence-corrected chi connectivity index (χ0v) is 14.3. The Hall–Kier alpha value is -2.28. The zero-order valence-electron chi connectivity index (χ0n) is 12.7. The number of aromatic nitrogens is 4. The first-order chi connectivity index (χ1) is 11.0. The summed E-state index contributed by atoms with van der Waals surface area (Å²) in [5.74, 6) is 0.968. The first-order valence-corrected chi connectivity index (χ1v) is 7.85. The first-order valence-electron chi connectivity index (χ1n) is 7.06. The molecule has 0 amide bonds. The third-order valence-corrected chi connectivity index (χ3v) is 3.70. The molecule has 0 fully saturated rings. The van der Waals surface area contributed by atoms with Gasteiger partial charge in [-0.2, -0.15) is 5.10 Å². The molecule has 3 aromatic rings. The molecule has 3 rings (SSSR count). The fourth-order valence-electron chi connectivity index (χ4n) is 2.31. The van der Waals surface area contributed by atoms with Gasteiger partial charge in [0.1, 0.15) is 11.6 Å². The van der Waals surface area contributed by atoms with Crippen LogP contribution >= 0.6 is 15.9 Å². The number of benzene rings is 1. The van der Waals surface area contributed by atoms with E-state index >= 15 is 0 Å². The molecule has 0 bridgehead atoms. The summed E-state index contributed by atoms with van der Waals surface area (Å²) in [6.07, 6.45) is 3.28. The average Bonchev–Trinajstić information content (AvgIpc) is 2.83. The Bertz CT molecular complexity index is 826. The maximum atomic E-state index is 13.4. The van der Waals surface area contributed by atoms with Crippen LogP contribution in [0.1, 0.15) is 17.0 Å². The van der Waals surface area contributed by atoms with Gasteiger partial charge in [0.15, 0.2) is 5.82 Å². The molecule has 118 valence electrons. The molecule has 2 aromatic heterocycles. The fraction of sp³-hybridized carbons (Fsp3) is 0.188. The van der Waals surface area contributed by atoms with E-state index in [9.17, 15) is 4.39 Å². The molecule has 5 nitrogen and oxygen atoms in total. The van der Waals surface area contributed by atoms with Crippen molar-refractivity contribution >= 4 is 21.7 Å². The molecule has 0 radical (unpaired) electrons. The van der Waals surface area contributed by atoms with Gasteiger partial charge in [-0.3, -0.25) is 4.98 Å². The topological polar surface area (TPSA) is 55.6 Å². The lowest BCUT2D eigenvalue weighted by atomic mass is 10.2. The molecule has 1 N–H and O–H groups in total. The van der Waals surface area contributed by atoms with Crippen molar-refractivity contribution in [3.8, 4) is 5.82 Å². The van der Waals surface area contributed by atoms with Gasteiger partial charge in [0.2, 0.25) is 0 Å². The van der Waals surface area contributed by atoms with Crippen LogP contribution in [0.25, 0.3) is 5.82 Å². The molecule has 2 heterocycles. The molecular formula is C16H15BrFN5. The monoisotopic (exact) mass is 375 g/mol. The molecule has 0 aliphatic rings. The Kier molecular flexibility index (Phi) is 4.38. The molecule has 0 aliphatic heterocycles. The minimum absolute atomic E-state index is 0.279. The minimum atomic E-state index is -0.279. The molecule has 0 atom stereocenters. The van der Waals surface area contributed by atoms with Crippen LogP contribution in [0, 0.1) is 19.7 Å². The van der Waals surface area contributed by atoms with Gasteiger partial charge < -0.3 is 5.32 Å². The van der Waals surface area contributed by atoms with Crippen molar-refractivity contribution in [2.75, 3.05) is 5.32 Å². The van der Waals surface area contributed by atoms with Gasteiger partial charge in [0.25, 0.3) is 0 Å². The third kappa shape index (κ3) is 3.73. The number of hydrogen-bond donors (Lipinski definition) is 1. The van der Waals surface area contributed by atoms with Crippen molar-refractivity contribution in [1.82, 2.24) is 19.7 Å². The highest BCUT2D eigenvalue weighted by molar-refractivity contribution is 9.10. The molecule has 23 heavy (non-hydrogen) atoms. The number of rotatable bonds is 4. The number of nitrogens with one attached hydrogen (secondary N) is 1. The highest BCUT2D eigenvalue weighted by atomic mass is 79.9. The predicted molar refractivity (Wildman–Crippen MR) is 90.1 cm³/mol. The van der Waals surface area contributed by atoms with Crippen LogP contribution in [0.3, 0.4) is 0 Å². The summed E-state index contributed by atoms with van der Waals surface area (Å²) in [7, 11) is 0. The highest BCUT2D eigenvalue weighted by Crippen LogP contribution is 2.16. The Labute approximate surface area is 141 Å². The van der Waals surface area contributed by atoms with Gasteiger partial charge >= 0.3 is 0 Å². The Balaban J connectivity index is 1.79. The molecular weight excluding hydrogens is 361 g/mol. The molecule has 0 aliphatic carbocycles. The summed E-state index contributed by atoms with van der Waals surface area (Å²) in [4.78, 5) is 8.69. The van der Waals surface area contributed by atoms with Gasteiger partial charge in [-0.05, 0) is 43.7 Å². The quantitative estimate of drug-likeness (QED) is 0.753. The van der Waals surface area contributed by atoms with Crippen molar-refractivity contribution in [2.45, 2.75) is 20.4 Å². The lowest BCUT2D eigenvalue weighted by Gasteiger charge is -2.08. The normalized spacial score (nSPS) is 10.8. The Morgan fingerprint density at radius 3 is 2.70 bits per heavy atom. The van der Waals surface area contributed by atoms with Crippen LogP contribution in [-0.2, 0) is 6.54 Å². The Morgan fingerprint density at radius 2 is 2.00 bits per heavy atom. The Morgan fingerprint density at radius 1 is 1.17 bits per heavy atom. The summed E-state index contributed by atoms with van der Waals surface area (Å²) in [6.45, 7) is 4.35. The van der Waals surface area contributed by atoms with Crippen LogP contribution in [0.15, 0.2) is 41.1 Å². The second-order valence-corrected chi connectivity index (χ2v) is 6.15. The molecule has 0 saturated carbocycles. The number of halogens is 2. The number of aryl methyl sites for hydroxylation is 2. The largest absolute Gasteiger partial charge is 0.365 e. The van der Waals surface area contributed by atoms with E-state index in [0.717, 1.165) is 17.0 Å². The third-order valence-electron chi connectivity index (χ3n) is 3.24. The lowest BCUT2D eigenvalue weighted by molar-refractivity contribution is 0.625. The van der Waals surface area contributed by atoms with Gasteiger partial charge in [-0.15, -0.1) is 0 Å². The van der Waals surface area contributed by atoms with Gasteiger partial charge in [-0.1, -0.05) is 15.9 Å². The summed E-state index contributed by atoms with van der Waals surface area (Å²) in [5, 5.41) is 7.54. The van der Waals surface area contributed by atoms with Crippen molar-refractivity contribution in [1.29, 1.82) is 0 Å². The summed E-state index contributed by atoms with van der Waals surface area (Å²) < 4.78 is 15.8. The second kappa shape index (κ2) is 6.45. The summed E-state index contributed by atoms with van der Waals surface area (Å²) >= 11 is 3.28. The predicted octanol–water partition coefficient (Wildman–Crippen LogP) is 3.79. The minimum Gasteiger partial charge on any atom is -0.365 e. The molecule has 0 unspecified atom stereocenters. The standard InChI is InChI=1S/C16H15BrFN5/c1-10-3-11(2)23(22-10)16-9-19-8-15(21-16)20-7-12-4-13(17)6-14(18)5-12/h3-6,8-9H,7H2,1-2H3,(H,20,21). The summed E-state index contributed by atoms with van der Waals surface area (Å²) in [5.41, 5.74) is 2.73. The van der Waals surface area contributed by atoms with E-state index in [4.69, 9.17) is 0 Å². The average molecular weight is 376 g/mol. The fourth-order valence-corrected chi connectivity index (χ4v) is 2.82. The smallest absolute Gasteiger partial charge is 0.174 e. The second-order valence-electron chi connectivity index (χ2n) is 5.23. The molecule has 0 saturated heterocycles. The van der Waals surface area contributed by atoms with Crippen LogP contribution in [0.4, 0.5) is 10.2 Å². The van der Waals surface area contributed by atoms with E-state index in [1.54, 1.807) is 17.1 Å². The van der Waals surface area contributed by atoms with E-state index in [0.29, 0.717) is 22.7 Å². The van der Waals surface area contributed by atoms with Crippen molar-refractivity contribution < 1.29 is 4.39 Å². The number of nitrogens with zero attached hydrogens (tertiary/aromatic N) is 4. The van der Waals surface area contributed by atoms with Crippen molar-refractivity contribution in [3.63, 3.8) is 0 Å². The SMILES string of the molecule is Cc1cc(C)n(-c2cncc(NCc3cc(F)cc(Br)c3)n2)n1. The van der Waals surface area contributed by atoms with Crippen molar-refractivity contribution in [3.05, 3.63) is 63.9 Å². The lowest BCUT2D eigenvalue weighted by Crippen LogP contribution is -2.07. The zero-order chi connectivity index (χ0) is 16.4. The molecule has 1 aromatic carbocycles. The highest BCUT2D eigenvalue weighted by Gasteiger charge is 2.07. The first kappa shape index (κ1) is 15.6. The van der Waals surface area contributed by atoms with E-state index in [-0.39, 0.29) is 5.82 Å². The number of hydrogen-bond acceptors (Lipinski definition) is 4. The van der Waals surface area contributed by atoms with E-state index in [1.807, 2.05) is 26.0 Å². The maximum Gasteiger partial charge on any atom is 0.174 e. The number of anilines is 1. The maximum absolute atomic E-state index is 13.4. The van der Waals surface area contributed by atoms with Gasteiger partial charge in [-0.25, -0.2) is 14.1 Å². The molecule has 0 spiro atoms. The van der Waals surface area contributed by atoms with E-state index < -0.39 is 0 Å². The van der Waals surface area contributed by atoms with Crippen LogP contribution in [0.2, 0.25) is 0 Å². The van der Waals surface area contributed by atoms with E-state index in [1.165, 1.54) is 12.1 Å². The van der Waals surface area contributed by atoms with Crippen molar-refractivity contribution in [2.24, 2.45) is 0 Å². The van der Waals surface area contributed by atoms with Gasteiger partial charge in [0.05, 0.1) is 18.1 Å².